The number of amides is 2. The SMILES string of the molecule is COc1ccc(C)cc1NC(=O)[C@@H](c1ccccc1)N1CCN(CC(=O)N2CCOCC2)CC1. The van der Waals surface area contributed by atoms with Gasteiger partial charge in [0.15, 0.2) is 0 Å². The maximum Gasteiger partial charge on any atom is 0.246 e. The zero-order valence-corrected chi connectivity index (χ0v) is 20.0. The van der Waals surface area contributed by atoms with Crippen molar-refractivity contribution in [2.45, 2.75) is 13.0 Å². The number of benzene rings is 2. The monoisotopic (exact) mass is 466 g/mol. The normalized spacial score (nSPS) is 18.4. The molecular weight excluding hydrogens is 432 g/mol. The lowest BCUT2D eigenvalue weighted by Gasteiger charge is -2.39. The van der Waals surface area contributed by atoms with Gasteiger partial charge in [0.1, 0.15) is 11.8 Å². The van der Waals surface area contributed by atoms with E-state index in [0.29, 0.717) is 57.4 Å². The molecular formula is C26H34N4O4. The maximum absolute atomic E-state index is 13.6. The van der Waals surface area contributed by atoms with Crippen LogP contribution in [0.4, 0.5) is 5.69 Å². The van der Waals surface area contributed by atoms with Gasteiger partial charge in [-0.3, -0.25) is 19.4 Å². The van der Waals surface area contributed by atoms with Gasteiger partial charge in [0.25, 0.3) is 0 Å². The number of rotatable bonds is 7. The van der Waals surface area contributed by atoms with Crippen molar-refractivity contribution in [3.63, 3.8) is 0 Å². The standard InChI is InChI=1S/C26H34N4O4/c1-20-8-9-23(33-2)22(18-20)27-26(32)25(21-6-4-3-5-7-21)30-12-10-28(11-13-30)19-24(31)29-14-16-34-17-15-29/h3-9,18,25H,10-17,19H2,1-2H3,(H,27,32)/t25-/m1/s1. The summed E-state index contributed by atoms with van der Waals surface area (Å²) in [4.78, 5) is 32.5. The fourth-order valence-corrected chi connectivity index (χ4v) is 4.57. The van der Waals surface area contributed by atoms with Gasteiger partial charge in [0.2, 0.25) is 11.8 Å². The van der Waals surface area contributed by atoms with E-state index in [2.05, 4.69) is 15.1 Å². The molecule has 2 heterocycles. The van der Waals surface area contributed by atoms with E-state index in [0.717, 1.165) is 24.2 Å². The summed E-state index contributed by atoms with van der Waals surface area (Å²) in [6.07, 6.45) is 0. The zero-order chi connectivity index (χ0) is 23.9. The molecule has 0 aromatic heterocycles. The van der Waals surface area contributed by atoms with Crippen LogP contribution in [0.15, 0.2) is 48.5 Å². The Balaban J connectivity index is 1.43. The van der Waals surface area contributed by atoms with E-state index in [1.54, 1.807) is 7.11 Å². The van der Waals surface area contributed by atoms with Crippen LogP contribution < -0.4 is 10.1 Å². The third-order valence-corrected chi connectivity index (χ3v) is 6.47. The summed E-state index contributed by atoms with van der Waals surface area (Å²) in [5.74, 6) is 0.700. The number of carbonyl (C=O) groups excluding carboxylic acids is 2. The number of carbonyl (C=O) groups is 2. The fraction of sp³-hybridized carbons (Fsp3) is 0.462. The first-order chi connectivity index (χ1) is 16.5. The number of methoxy groups -OCH3 is 1. The molecule has 1 N–H and O–H groups in total. The molecule has 0 spiro atoms. The fourth-order valence-electron chi connectivity index (χ4n) is 4.57. The zero-order valence-electron chi connectivity index (χ0n) is 20.0. The molecule has 2 amide bonds. The molecule has 182 valence electrons. The Bertz CT molecular complexity index is 970. The molecule has 0 bridgehead atoms. The first-order valence-electron chi connectivity index (χ1n) is 11.9. The van der Waals surface area contributed by atoms with Gasteiger partial charge < -0.3 is 19.7 Å². The quantitative estimate of drug-likeness (QED) is 0.674. The van der Waals surface area contributed by atoms with E-state index in [9.17, 15) is 9.59 Å². The van der Waals surface area contributed by atoms with Crippen LogP contribution in [0.25, 0.3) is 0 Å². The summed E-state index contributed by atoms with van der Waals surface area (Å²) in [5.41, 5.74) is 2.67. The number of ether oxygens (including phenoxy) is 2. The minimum atomic E-state index is -0.427. The van der Waals surface area contributed by atoms with E-state index >= 15 is 0 Å². The van der Waals surface area contributed by atoms with Gasteiger partial charge in [-0.15, -0.1) is 0 Å². The van der Waals surface area contributed by atoms with Crippen LogP contribution in [-0.2, 0) is 14.3 Å². The number of hydrogen-bond acceptors (Lipinski definition) is 6. The summed E-state index contributed by atoms with van der Waals surface area (Å²) in [5, 5.41) is 3.09. The highest BCUT2D eigenvalue weighted by molar-refractivity contribution is 5.97. The number of morpholine rings is 1. The summed E-state index contributed by atoms with van der Waals surface area (Å²) in [6.45, 7) is 7.83. The second kappa shape index (κ2) is 11.5. The molecule has 0 saturated carbocycles. The highest BCUT2D eigenvalue weighted by atomic mass is 16.5. The van der Waals surface area contributed by atoms with Gasteiger partial charge in [-0.1, -0.05) is 36.4 Å². The van der Waals surface area contributed by atoms with Gasteiger partial charge >= 0.3 is 0 Å². The lowest BCUT2D eigenvalue weighted by atomic mass is 10.0. The second-order valence-corrected chi connectivity index (χ2v) is 8.81. The van der Waals surface area contributed by atoms with Crippen molar-refractivity contribution in [3.05, 3.63) is 59.7 Å². The largest absolute Gasteiger partial charge is 0.495 e. The Labute approximate surface area is 201 Å². The van der Waals surface area contributed by atoms with Crippen LogP contribution in [0.2, 0.25) is 0 Å². The van der Waals surface area contributed by atoms with Crippen molar-refractivity contribution in [1.29, 1.82) is 0 Å². The molecule has 34 heavy (non-hydrogen) atoms. The highest BCUT2D eigenvalue weighted by Gasteiger charge is 2.32. The van der Waals surface area contributed by atoms with Crippen LogP contribution in [0.1, 0.15) is 17.2 Å². The van der Waals surface area contributed by atoms with Crippen LogP contribution in [0, 0.1) is 6.92 Å². The van der Waals surface area contributed by atoms with Crippen molar-refractivity contribution in [3.8, 4) is 5.75 Å². The number of nitrogens with one attached hydrogen (secondary N) is 1. The van der Waals surface area contributed by atoms with Gasteiger partial charge in [-0.25, -0.2) is 0 Å². The molecule has 8 nitrogen and oxygen atoms in total. The van der Waals surface area contributed by atoms with Gasteiger partial charge in [-0.2, -0.15) is 0 Å². The minimum absolute atomic E-state index is 0.0899. The first kappa shape index (κ1) is 24.2. The topological polar surface area (TPSA) is 74.4 Å². The van der Waals surface area contributed by atoms with E-state index in [1.807, 2.05) is 60.4 Å². The van der Waals surface area contributed by atoms with Crippen LogP contribution in [0.3, 0.4) is 0 Å². The molecule has 2 aliphatic heterocycles. The summed E-state index contributed by atoms with van der Waals surface area (Å²) in [6, 6.07) is 15.2. The molecule has 2 fully saturated rings. The predicted octanol–water partition coefficient (Wildman–Crippen LogP) is 2.16. The average molecular weight is 467 g/mol. The number of hydrogen-bond donors (Lipinski definition) is 1. The van der Waals surface area contributed by atoms with E-state index in [4.69, 9.17) is 9.47 Å². The van der Waals surface area contributed by atoms with Crippen LogP contribution >= 0.6 is 0 Å². The Morgan fingerprint density at radius 1 is 1.00 bits per heavy atom. The Morgan fingerprint density at radius 2 is 1.71 bits per heavy atom. The first-order valence-corrected chi connectivity index (χ1v) is 11.9. The molecule has 2 aliphatic rings. The van der Waals surface area contributed by atoms with Crippen LogP contribution in [0.5, 0.6) is 5.75 Å². The Hall–Kier alpha value is -2.94. The van der Waals surface area contributed by atoms with E-state index in [1.165, 1.54) is 0 Å². The molecule has 0 aliphatic carbocycles. The van der Waals surface area contributed by atoms with Crippen molar-refractivity contribution in [1.82, 2.24) is 14.7 Å². The second-order valence-electron chi connectivity index (χ2n) is 8.81. The van der Waals surface area contributed by atoms with Crippen molar-refractivity contribution >= 4 is 17.5 Å². The summed E-state index contributed by atoms with van der Waals surface area (Å²) < 4.78 is 10.8. The van der Waals surface area contributed by atoms with E-state index < -0.39 is 6.04 Å². The molecule has 4 rings (SSSR count). The molecule has 2 aromatic carbocycles. The van der Waals surface area contributed by atoms with Crippen LogP contribution in [-0.4, -0.2) is 92.7 Å². The average Bonchev–Trinajstić information content (AvgIpc) is 2.86. The third kappa shape index (κ3) is 5.94. The lowest BCUT2D eigenvalue weighted by molar-refractivity contribution is -0.137. The predicted molar refractivity (Wildman–Crippen MR) is 131 cm³/mol. The van der Waals surface area contributed by atoms with Crippen molar-refractivity contribution in [2.75, 3.05) is 71.5 Å². The molecule has 2 aromatic rings. The number of anilines is 1. The van der Waals surface area contributed by atoms with Gasteiger partial charge in [0, 0.05) is 39.3 Å². The lowest BCUT2D eigenvalue weighted by Crippen LogP contribution is -2.53. The summed E-state index contributed by atoms with van der Waals surface area (Å²) in [7, 11) is 1.60. The number of nitrogens with zero attached hydrogens (tertiary/aromatic N) is 3. The van der Waals surface area contributed by atoms with Gasteiger partial charge in [0.05, 0.1) is 32.6 Å². The molecule has 0 unspecified atom stereocenters. The smallest absolute Gasteiger partial charge is 0.246 e. The van der Waals surface area contributed by atoms with Gasteiger partial charge in [-0.05, 0) is 30.2 Å². The van der Waals surface area contributed by atoms with Crippen molar-refractivity contribution < 1.29 is 19.1 Å². The third-order valence-electron chi connectivity index (χ3n) is 6.47. The van der Waals surface area contributed by atoms with Crippen molar-refractivity contribution in [2.24, 2.45) is 0 Å². The molecule has 1 atom stereocenters. The summed E-state index contributed by atoms with van der Waals surface area (Å²) >= 11 is 0. The Kier molecular flexibility index (Phi) is 8.16. The molecule has 2 saturated heterocycles. The highest BCUT2D eigenvalue weighted by Crippen LogP contribution is 2.29. The van der Waals surface area contributed by atoms with E-state index in [-0.39, 0.29) is 11.8 Å². The molecule has 0 radical (unpaired) electrons. The minimum Gasteiger partial charge on any atom is -0.495 e. The number of aryl methyl sites for hydroxylation is 1. The molecule has 8 heteroatoms. The maximum atomic E-state index is 13.6. The number of piperazine rings is 1. The Morgan fingerprint density at radius 3 is 2.38 bits per heavy atom.